The standard InChI is InChI=1S/C10H14N4/c1-8-2-3-9(13-12-8)14-6-10(7-14)4-5-11-10/h2-3,11H,4-7H2,1H3. The minimum atomic E-state index is 0.423. The number of anilines is 1. The van der Waals surface area contributed by atoms with Crippen LogP contribution in [0.15, 0.2) is 12.1 Å². The number of aromatic nitrogens is 2. The lowest BCUT2D eigenvalue weighted by molar-refractivity contribution is 0.158. The normalized spacial score (nSPS) is 23.1. The summed E-state index contributed by atoms with van der Waals surface area (Å²) in [6.45, 7) is 5.31. The SMILES string of the molecule is Cc1ccc(N2CC3(CCN3)C2)nn1. The van der Waals surface area contributed by atoms with Crippen LogP contribution in [0.4, 0.5) is 5.82 Å². The maximum absolute atomic E-state index is 4.17. The van der Waals surface area contributed by atoms with Gasteiger partial charge in [0.05, 0.1) is 11.2 Å². The molecule has 2 aliphatic rings. The van der Waals surface area contributed by atoms with Crippen molar-refractivity contribution in [1.29, 1.82) is 0 Å². The number of hydrogen-bond acceptors (Lipinski definition) is 4. The Hall–Kier alpha value is -1.16. The fraction of sp³-hybridized carbons (Fsp3) is 0.600. The van der Waals surface area contributed by atoms with Crippen LogP contribution < -0.4 is 10.2 Å². The zero-order valence-corrected chi connectivity index (χ0v) is 8.32. The van der Waals surface area contributed by atoms with Crippen LogP contribution in [0.2, 0.25) is 0 Å². The molecule has 4 heteroatoms. The number of rotatable bonds is 1. The highest BCUT2D eigenvalue weighted by Crippen LogP contribution is 2.32. The molecule has 0 aromatic carbocycles. The van der Waals surface area contributed by atoms with E-state index in [1.165, 1.54) is 13.0 Å². The van der Waals surface area contributed by atoms with E-state index in [-0.39, 0.29) is 0 Å². The highest BCUT2D eigenvalue weighted by Gasteiger charge is 2.47. The first kappa shape index (κ1) is 8.17. The summed E-state index contributed by atoms with van der Waals surface area (Å²) in [6.07, 6.45) is 1.31. The molecule has 3 rings (SSSR count). The van der Waals surface area contributed by atoms with Crippen LogP contribution >= 0.6 is 0 Å². The summed E-state index contributed by atoms with van der Waals surface area (Å²) in [5.74, 6) is 1.01. The molecule has 74 valence electrons. The summed E-state index contributed by atoms with van der Waals surface area (Å²) in [6, 6.07) is 4.06. The molecule has 2 aliphatic heterocycles. The lowest BCUT2D eigenvalue weighted by Gasteiger charge is -2.56. The van der Waals surface area contributed by atoms with Gasteiger partial charge < -0.3 is 10.2 Å². The Morgan fingerprint density at radius 1 is 1.36 bits per heavy atom. The van der Waals surface area contributed by atoms with Crippen LogP contribution in [0.3, 0.4) is 0 Å². The van der Waals surface area contributed by atoms with Crippen LogP contribution in [0.1, 0.15) is 12.1 Å². The molecular weight excluding hydrogens is 176 g/mol. The van der Waals surface area contributed by atoms with E-state index in [0.717, 1.165) is 24.6 Å². The summed E-state index contributed by atoms with van der Waals surface area (Å²) >= 11 is 0. The second kappa shape index (κ2) is 2.67. The molecule has 1 aromatic heterocycles. The predicted octanol–water partition coefficient (Wildman–Crippen LogP) is 0.337. The van der Waals surface area contributed by atoms with Crippen molar-refractivity contribution in [1.82, 2.24) is 15.5 Å². The highest BCUT2D eigenvalue weighted by molar-refractivity contribution is 5.44. The molecule has 0 unspecified atom stereocenters. The van der Waals surface area contributed by atoms with E-state index in [0.29, 0.717) is 5.54 Å². The van der Waals surface area contributed by atoms with Gasteiger partial charge in [0.1, 0.15) is 0 Å². The molecular formula is C10H14N4. The van der Waals surface area contributed by atoms with E-state index < -0.39 is 0 Å². The number of nitrogens with one attached hydrogen (secondary N) is 1. The third-order valence-corrected chi connectivity index (χ3v) is 3.20. The van der Waals surface area contributed by atoms with Gasteiger partial charge in [-0.1, -0.05) is 0 Å². The maximum atomic E-state index is 4.17. The number of hydrogen-bond donors (Lipinski definition) is 1. The van der Waals surface area contributed by atoms with E-state index in [2.05, 4.69) is 20.4 Å². The molecule has 0 radical (unpaired) electrons. The molecule has 0 atom stereocenters. The Balaban J connectivity index is 1.70. The fourth-order valence-electron chi connectivity index (χ4n) is 2.16. The van der Waals surface area contributed by atoms with Gasteiger partial charge in [0.25, 0.3) is 0 Å². The summed E-state index contributed by atoms with van der Waals surface area (Å²) in [4.78, 5) is 2.28. The molecule has 2 saturated heterocycles. The smallest absolute Gasteiger partial charge is 0.151 e. The Bertz CT molecular complexity index is 334. The first-order valence-corrected chi connectivity index (χ1v) is 5.08. The van der Waals surface area contributed by atoms with Gasteiger partial charge in [0, 0.05) is 13.1 Å². The Labute approximate surface area is 83.3 Å². The van der Waals surface area contributed by atoms with Crippen LogP contribution in [-0.4, -0.2) is 35.4 Å². The van der Waals surface area contributed by atoms with Gasteiger partial charge in [-0.3, -0.25) is 0 Å². The van der Waals surface area contributed by atoms with Gasteiger partial charge in [0.15, 0.2) is 5.82 Å². The Morgan fingerprint density at radius 3 is 2.64 bits per heavy atom. The topological polar surface area (TPSA) is 41.0 Å². The van der Waals surface area contributed by atoms with Crippen molar-refractivity contribution >= 4 is 5.82 Å². The molecule has 1 N–H and O–H groups in total. The molecule has 14 heavy (non-hydrogen) atoms. The quantitative estimate of drug-likeness (QED) is 0.693. The van der Waals surface area contributed by atoms with Crippen LogP contribution in [0.25, 0.3) is 0 Å². The van der Waals surface area contributed by atoms with E-state index in [1.54, 1.807) is 0 Å². The third-order valence-electron chi connectivity index (χ3n) is 3.20. The first-order chi connectivity index (χ1) is 6.77. The van der Waals surface area contributed by atoms with Gasteiger partial charge in [0.2, 0.25) is 0 Å². The number of aryl methyl sites for hydroxylation is 1. The second-order valence-corrected chi connectivity index (χ2v) is 4.35. The molecule has 0 saturated carbocycles. The third kappa shape index (κ3) is 1.10. The Morgan fingerprint density at radius 2 is 2.14 bits per heavy atom. The van der Waals surface area contributed by atoms with Crippen molar-refractivity contribution in [2.24, 2.45) is 0 Å². The Kier molecular flexibility index (Phi) is 1.56. The van der Waals surface area contributed by atoms with Crippen molar-refractivity contribution in [3.63, 3.8) is 0 Å². The summed E-state index contributed by atoms with van der Waals surface area (Å²) < 4.78 is 0. The molecule has 0 aliphatic carbocycles. The molecule has 0 bridgehead atoms. The van der Waals surface area contributed by atoms with E-state index in [4.69, 9.17) is 0 Å². The van der Waals surface area contributed by atoms with Crippen LogP contribution in [-0.2, 0) is 0 Å². The maximum Gasteiger partial charge on any atom is 0.151 e. The van der Waals surface area contributed by atoms with Crippen molar-refractivity contribution < 1.29 is 0 Å². The van der Waals surface area contributed by atoms with Gasteiger partial charge in [-0.25, -0.2) is 0 Å². The highest BCUT2D eigenvalue weighted by atomic mass is 15.4. The zero-order valence-electron chi connectivity index (χ0n) is 8.32. The molecule has 1 spiro atoms. The van der Waals surface area contributed by atoms with Gasteiger partial charge in [-0.15, -0.1) is 5.10 Å². The molecule has 2 fully saturated rings. The average Bonchev–Trinajstić information content (AvgIpc) is 2.03. The van der Waals surface area contributed by atoms with E-state index in [9.17, 15) is 0 Å². The summed E-state index contributed by atoms with van der Waals surface area (Å²) in [5, 5.41) is 11.7. The first-order valence-electron chi connectivity index (χ1n) is 5.08. The largest absolute Gasteiger partial charge is 0.351 e. The van der Waals surface area contributed by atoms with E-state index >= 15 is 0 Å². The van der Waals surface area contributed by atoms with E-state index in [1.807, 2.05) is 19.1 Å². The molecule has 4 nitrogen and oxygen atoms in total. The van der Waals surface area contributed by atoms with Gasteiger partial charge in [-0.2, -0.15) is 5.10 Å². The summed E-state index contributed by atoms with van der Waals surface area (Å²) in [5.41, 5.74) is 1.40. The zero-order chi connectivity index (χ0) is 9.60. The lowest BCUT2D eigenvalue weighted by Crippen LogP contribution is -2.76. The van der Waals surface area contributed by atoms with Gasteiger partial charge in [-0.05, 0) is 32.0 Å². The van der Waals surface area contributed by atoms with Crippen molar-refractivity contribution in [2.45, 2.75) is 18.9 Å². The molecule has 0 amide bonds. The minimum absolute atomic E-state index is 0.423. The fourth-order valence-corrected chi connectivity index (χ4v) is 2.16. The lowest BCUT2D eigenvalue weighted by atomic mass is 9.80. The van der Waals surface area contributed by atoms with Crippen molar-refractivity contribution in [2.75, 3.05) is 24.5 Å². The van der Waals surface area contributed by atoms with Crippen molar-refractivity contribution in [3.05, 3.63) is 17.8 Å². The average molecular weight is 190 g/mol. The monoisotopic (exact) mass is 190 g/mol. The van der Waals surface area contributed by atoms with Crippen LogP contribution in [0, 0.1) is 6.92 Å². The van der Waals surface area contributed by atoms with Gasteiger partial charge >= 0.3 is 0 Å². The van der Waals surface area contributed by atoms with Crippen molar-refractivity contribution in [3.8, 4) is 0 Å². The minimum Gasteiger partial charge on any atom is -0.351 e. The number of nitrogens with zero attached hydrogens (tertiary/aromatic N) is 3. The molecule has 1 aromatic rings. The molecule has 3 heterocycles. The summed E-state index contributed by atoms with van der Waals surface area (Å²) in [7, 11) is 0. The second-order valence-electron chi connectivity index (χ2n) is 4.35. The predicted molar refractivity (Wildman–Crippen MR) is 54.3 cm³/mol. The van der Waals surface area contributed by atoms with Crippen LogP contribution in [0.5, 0.6) is 0 Å².